The highest BCUT2D eigenvalue weighted by Crippen LogP contribution is 2.30. The first kappa shape index (κ1) is 71.8. The maximum absolute atomic E-state index is 14.9. The van der Waals surface area contributed by atoms with Gasteiger partial charge in [0.2, 0.25) is 35.4 Å². The standard InChI is InChI=1S/C67H83N11O17/c1-5-6-7-29-94-49-26-20-43(21-27-49)41-12-10-40(11-13-41)42-14-16-45(17-15-42)60(87)70-50-32-52(83)65(95-30-28-69-33-39-8-22-46(23-9-39)75-76-68)74-64(91)56-57(84)36(2)34-78(56)67(93)54(38(4)80)72-63(90)55(59(86)58(85)44-18-24-47(81)25-19-44)73-62(89)51-31-48(82)35-77(51)66(92)53(37(3)79)71-61(50)88/h8-27,36-38,48,50-59,65,69,79-86H,5-7,28-35H2,1-4H3,(H,70,87)(H,71,88)(H,72,90)(H,73,89)(H,74,91)/t36-,37+,38+,48+,50-,51-,52+,53-,54-,55-,56-,57-,58-,59-,65+/m0/s1. The van der Waals surface area contributed by atoms with E-state index in [1.54, 1.807) is 36.4 Å². The van der Waals surface area contributed by atoms with E-state index in [0.29, 0.717) is 17.9 Å². The van der Waals surface area contributed by atoms with Gasteiger partial charge in [-0.15, -0.1) is 0 Å². The van der Waals surface area contributed by atoms with Gasteiger partial charge in [-0.2, -0.15) is 0 Å². The predicted octanol–water partition coefficient (Wildman–Crippen LogP) is 1.83. The lowest BCUT2D eigenvalue weighted by Crippen LogP contribution is -2.64. The number of aliphatic hydroxyl groups is 7. The first-order valence-corrected chi connectivity index (χ1v) is 31.6. The maximum Gasteiger partial charge on any atom is 0.251 e. The molecule has 0 saturated carbocycles. The minimum atomic E-state index is -2.31. The molecule has 7 amide bonds. The molecule has 3 aliphatic rings. The van der Waals surface area contributed by atoms with Gasteiger partial charge in [0.25, 0.3) is 5.91 Å². The van der Waals surface area contributed by atoms with Crippen molar-refractivity contribution >= 4 is 47.0 Å². The third-order valence-corrected chi connectivity index (χ3v) is 17.0. The van der Waals surface area contributed by atoms with Crippen molar-refractivity contribution in [3.8, 4) is 33.8 Å². The van der Waals surface area contributed by atoms with Crippen LogP contribution in [0.4, 0.5) is 5.69 Å². The van der Waals surface area contributed by atoms with Gasteiger partial charge in [0, 0.05) is 61.1 Å². The molecular formula is C67H83N11O17. The summed E-state index contributed by atoms with van der Waals surface area (Å²) in [7, 11) is 0. The number of hydrogen-bond acceptors (Lipinski definition) is 19. The summed E-state index contributed by atoms with van der Waals surface area (Å²) >= 11 is 0. The Labute approximate surface area is 548 Å². The van der Waals surface area contributed by atoms with Crippen LogP contribution >= 0.6 is 0 Å². The summed E-state index contributed by atoms with van der Waals surface area (Å²) in [6.45, 7) is 5.53. The predicted molar refractivity (Wildman–Crippen MR) is 344 cm³/mol. The Bertz CT molecular complexity index is 3490. The molecule has 5 aromatic rings. The number of nitrogens with zero attached hydrogens (tertiary/aromatic N) is 5. The van der Waals surface area contributed by atoms with Gasteiger partial charge in [-0.3, -0.25) is 33.6 Å². The van der Waals surface area contributed by atoms with Crippen molar-refractivity contribution in [3.63, 3.8) is 0 Å². The van der Waals surface area contributed by atoms with Crippen LogP contribution in [0.25, 0.3) is 32.7 Å². The number of carbonyl (C=O) groups excluding carboxylic acids is 7. The molecule has 0 spiro atoms. The molecule has 508 valence electrons. The van der Waals surface area contributed by atoms with Crippen molar-refractivity contribution in [1.82, 2.24) is 41.7 Å². The van der Waals surface area contributed by atoms with E-state index in [2.05, 4.69) is 48.9 Å². The van der Waals surface area contributed by atoms with Crippen molar-refractivity contribution in [1.29, 1.82) is 0 Å². The summed E-state index contributed by atoms with van der Waals surface area (Å²) in [6, 6.07) is 21.5. The van der Waals surface area contributed by atoms with Crippen molar-refractivity contribution in [2.24, 2.45) is 11.0 Å². The van der Waals surface area contributed by atoms with Crippen LogP contribution in [0.1, 0.15) is 87.4 Å². The molecule has 14 N–H and O–H groups in total. The molecule has 3 saturated heterocycles. The van der Waals surface area contributed by atoms with Gasteiger partial charge in [0.05, 0.1) is 37.6 Å². The molecule has 95 heavy (non-hydrogen) atoms. The first-order valence-electron chi connectivity index (χ1n) is 31.6. The smallest absolute Gasteiger partial charge is 0.251 e. The van der Waals surface area contributed by atoms with E-state index in [1.165, 1.54) is 31.2 Å². The van der Waals surface area contributed by atoms with E-state index < -0.39 is 152 Å². The average molecular weight is 1310 g/mol. The summed E-state index contributed by atoms with van der Waals surface area (Å²) in [5.41, 5.74) is 13.3. The Kier molecular flexibility index (Phi) is 25.2. The molecule has 3 aliphatic heterocycles. The highest BCUT2D eigenvalue weighted by atomic mass is 16.5. The summed E-state index contributed by atoms with van der Waals surface area (Å²) in [5.74, 6) is -8.51. The number of phenolic OH excluding ortho intramolecular Hbond substituents is 1. The zero-order valence-corrected chi connectivity index (χ0v) is 53.0. The van der Waals surface area contributed by atoms with E-state index in [9.17, 15) is 74.4 Å². The normalized spacial score (nSPS) is 25.2. The largest absolute Gasteiger partial charge is 0.508 e. The summed E-state index contributed by atoms with van der Waals surface area (Å²) in [4.78, 5) is 107. The molecular weight excluding hydrogens is 1230 g/mol. The molecule has 0 bridgehead atoms. The fourth-order valence-corrected chi connectivity index (χ4v) is 11.6. The number of nitrogens with one attached hydrogen (secondary N) is 6. The third-order valence-electron chi connectivity index (χ3n) is 17.0. The number of ether oxygens (including phenoxy) is 2. The molecule has 0 unspecified atom stereocenters. The monoisotopic (exact) mass is 1310 g/mol. The van der Waals surface area contributed by atoms with E-state index >= 15 is 0 Å². The summed E-state index contributed by atoms with van der Waals surface area (Å²) in [6.07, 6.45) is -13.1. The second kappa shape index (κ2) is 33.4. The Hall–Kier alpha value is -9.06. The fourth-order valence-electron chi connectivity index (χ4n) is 11.6. The van der Waals surface area contributed by atoms with Crippen LogP contribution in [0.15, 0.2) is 126 Å². The number of azide groups is 1. The molecule has 0 aliphatic carbocycles. The summed E-state index contributed by atoms with van der Waals surface area (Å²) in [5, 5.41) is 110. The van der Waals surface area contributed by atoms with Gasteiger partial charge < -0.3 is 92.0 Å². The van der Waals surface area contributed by atoms with Crippen molar-refractivity contribution in [3.05, 3.63) is 148 Å². The lowest BCUT2D eigenvalue weighted by atomic mass is 9.96. The van der Waals surface area contributed by atoms with Crippen LogP contribution in [-0.4, -0.2) is 204 Å². The van der Waals surface area contributed by atoms with Crippen LogP contribution in [0, 0.1) is 5.92 Å². The summed E-state index contributed by atoms with van der Waals surface area (Å²) < 4.78 is 12.0. The van der Waals surface area contributed by atoms with Crippen molar-refractivity contribution in [2.75, 3.05) is 32.8 Å². The highest BCUT2D eigenvalue weighted by molar-refractivity contribution is 6.00. The Morgan fingerprint density at radius 1 is 0.674 bits per heavy atom. The lowest BCUT2D eigenvalue weighted by Gasteiger charge is -2.34. The number of benzene rings is 5. The number of rotatable bonds is 21. The number of fused-ring (bicyclic) bond motifs is 2. The topological polar surface area (TPSA) is 427 Å². The van der Waals surface area contributed by atoms with E-state index in [-0.39, 0.29) is 43.1 Å². The number of phenols is 1. The second-order valence-corrected chi connectivity index (χ2v) is 24.2. The van der Waals surface area contributed by atoms with Crippen LogP contribution in [0.3, 0.4) is 0 Å². The van der Waals surface area contributed by atoms with Crippen molar-refractivity contribution < 1.29 is 83.9 Å². The molecule has 15 atom stereocenters. The first-order chi connectivity index (χ1) is 45.5. The van der Waals surface area contributed by atoms with Crippen LogP contribution in [0.2, 0.25) is 0 Å². The number of aromatic hydroxyl groups is 1. The van der Waals surface area contributed by atoms with Gasteiger partial charge in [-0.1, -0.05) is 117 Å². The number of unbranched alkanes of at least 4 members (excludes halogenated alkanes) is 2. The Balaban J connectivity index is 1.12. The van der Waals surface area contributed by atoms with Gasteiger partial charge in [-0.05, 0) is 95.6 Å². The third kappa shape index (κ3) is 18.5. The van der Waals surface area contributed by atoms with Crippen molar-refractivity contribution in [2.45, 2.75) is 152 Å². The van der Waals surface area contributed by atoms with E-state index in [1.807, 2.05) is 48.5 Å². The number of carbonyl (C=O) groups is 7. The molecule has 3 fully saturated rings. The average Bonchev–Trinajstić information content (AvgIpc) is 1.69. The van der Waals surface area contributed by atoms with Crippen LogP contribution < -0.4 is 36.6 Å². The zero-order valence-electron chi connectivity index (χ0n) is 53.0. The number of hydrogen-bond donors (Lipinski definition) is 14. The zero-order chi connectivity index (χ0) is 68.6. The SMILES string of the molecule is CCCCCOc1ccc(-c2ccc(-c3ccc(C(=O)N[C@H]4C[C@@H](O)[C@@H](OCCNCc5ccc(N=[N+]=[N-])cc5)NC(=O)[C@@H]5[C@@H](O)[C@@H](C)CN5C(=O)[C@H]([C@@H](C)O)NC(=O)[C@H]([C@H](O)[C@@H](O)c5ccc(O)cc5)NC(=O)[C@@H]5C[C@@H](O)CN5C(=O)[C@H]([C@@H](C)O)NC4=O)cc3)cc2)cc1. The van der Waals surface area contributed by atoms with Gasteiger partial charge in [-0.25, -0.2) is 0 Å². The molecule has 0 radical (unpaired) electrons. The minimum Gasteiger partial charge on any atom is -0.508 e. The number of aliphatic hydroxyl groups excluding tert-OH is 7. The van der Waals surface area contributed by atoms with Crippen LogP contribution in [-0.2, 0) is 40.0 Å². The molecule has 8 rings (SSSR count). The molecule has 28 nitrogen and oxygen atoms in total. The lowest BCUT2D eigenvalue weighted by molar-refractivity contribution is -0.149. The second-order valence-electron chi connectivity index (χ2n) is 24.2. The van der Waals surface area contributed by atoms with Gasteiger partial charge in [0.15, 0.2) is 6.23 Å². The highest BCUT2D eigenvalue weighted by Gasteiger charge is 2.50. The minimum absolute atomic E-state index is 0.0197. The molecule has 5 aromatic carbocycles. The number of amides is 7. The van der Waals surface area contributed by atoms with E-state index in [0.717, 1.165) is 83.0 Å². The maximum atomic E-state index is 14.9. The molecule has 0 aromatic heterocycles. The van der Waals surface area contributed by atoms with Crippen LogP contribution in [0.5, 0.6) is 11.5 Å². The fraction of sp³-hybridized carbons (Fsp3) is 0.448. The van der Waals surface area contributed by atoms with Gasteiger partial charge in [0.1, 0.15) is 66.1 Å². The van der Waals surface area contributed by atoms with E-state index in [4.69, 9.17) is 15.0 Å². The quantitative estimate of drug-likeness (QED) is 0.0216. The molecule has 3 heterocycles. The van der Waals surface area contributed by atoms with Gasteiger partial charge >= 0.3 is 0 Å². The Morgan fingerprint density at radius 3 is 1.83 bits per heavy atom. The molecule has 28 heteroatoms. The Morgan fingerprint density at radius 2 is 1.24 bits per heavy atom.